The molecule has 2 heterocycles. The maximum absolute atomic E-state index is 13.2. The van der Waals surface area contributed by atoms with Gasteiger partial charge in [0.05, 0.1) is 15.9 Å². The van der Waals surface area contributed by atoms with Crippen LogP contribution in [0.5, 0.6) is 0 Å². The van der Waals surface area contributed by atoms with Gasteiger partial charge in [-0.2, -0.15) is 0 Å². The Balaban J connectivity index is 1.53. The highest BCUT2D eigenvalue weighted by atomic mass is 32.1. The molecule has 0 unspecified atom stereocenters. The van der Waals surface area contributed by atoms with E-state index in [9.17, 15) is 9.59 Å². The zero-order chi connectivity index (χ0) is 21.6. The molecule has 6 nitrogen and oxygen atoms in total. The van der Waals surface area contributed by atoms with Gasteiger partial charge in [-0.3, -0.25) is 9.59 Å². The number of carbonyl (C=O) groups is 2. The first-order chi connectivity index (χ1) is 15.2. The second-order valence-corrected chi connectivity index (χ2v) is 8.01. The van der Waals surface area contributed by atoms with Crippen molar-refractivity contribution in [2.24, 2.45) is 0 Å². The van der Waals surface area contributed by atoms with Gasteiger partial charge in [0.2, 0.25) is 5.91 Å². The summed E-state index contributed by atoms with van der Waals surface area (Å²) in [6, 6.07) is 21.1. The average Bonchev–Trinajstić information content (AvgIpc) is 3.44. The number of hydrogen-bond acceptors (Lipinski definition) is 4. The van der Waals surface area contributed by atoms with Crippen molar-refractivity contribution in [3.05, 3.63) is 82.8 Å². The smallest absolute Gasteiger partial charge is 0.261 e. The maximum Gasteiger partial charge on any atom is 0.261 e. The second kappa shape index (κ2) is 9.57. The molecule has 0 aliphatic carbocycles. The predicted molar refractivity (Wildman–Crippen MR) is 125 cm³/mol. The van der Waals surface area contributed by atoms with Gasteiger partial charge in [-0.05, 0) is 42.6 Å². The first kappa shape index (κ1) is 20.8. The first-order valence-electron chi connectivity index (χ1n) is 10.3. The van der Waals surface area contributed by atoms with Crippen LogP contribution in [0.3, 0.4) is 0 Å². The minimum atomic E-state index is -0.0880. The number of carbonyl (C=O) groups excluding carboxylic acids is 2. The fourth-order valence-electron chi connectivity index (χ4n) is 3.61. The Labute approximate surface area is 185 Å². The van der Waals surface area contributed by atoms with E-state index >= 15 is 0 Å². The summed E-state index contributed by atoms with van der Waals surface area (Å²) >= 11 is 1.41. The van der Waals surface area contributed by atoms with Gasteiger partial charge in [-0.15, -0.1) is 11.3 Å². The van der Waals surface area contributed by atoms with Gasteiger partial charge in [-0.25, -0.2) is 4.98 Å². The van der Waals surface area contributed by atoms with Gasteiger partial charge < -0.3 is 14.8 Å². The van der Waals surface area contributed by atoms with Crippen molar-refractivity contribution in [1.82, 2.24) is 14.9 Å². The summed E-state index contributed by atoms with van der Waals surface area (Å²) in [5.41, 5.74) is 2.64. The molecular weight excluding hydrogens is 408 g/mol. The van der Waals surface area contributed by atoms with Gasteiger partial charge in [0.1, 0.15) is 12.4 Å². The minimum Gasteiger partial charge on any atom is -0.351 e. The third-order valence-corrected chi connectivity index (χ3v) is 5.96. The number of aromatic nitrogens is 2. The van der Waals surface area contributed by atoms with Crippen molar-refractivity contribution in [3.63, 3.8) is 0 Å². The number of likely N-dealkylation sites (N-methyl/N-ethyl adjacent to an activating group) is 1. The number of nitrogens with one attached hydrogen (secondary N) is 1. The lowest BCUT2D eigenvalue weighted by Gasteiger charge is -2.22. The van der Waals surface area contributed by atoms with Crippen LogP contribution < -0.4 is 10.2 Å². The lowest BCUT2D eigenvalue weighted by atomic mass is 10.2. The average molecular weight is 433 g/mol. The van der Waals surface area contributed by atoms with E-state index in [4.69, 9.17) is 4.98 Å². The van der Waals surface area contributed by atoms with Crippen molar-refractivity contribution in [2.75, 3.05) is 18.0 Å². The van der Waals surface area contributed by atoms with Gasteiger partial charge >= 0.3 is 0 Å². The van der Waals surface area contributed by atoms with Gasteiger partial charge in [-0.1, -0.05) is 36.4 Å². The summed E-state index contributed by atoms with van der Waals surface area (Å²) in [5, 5.41) is 4.82. The van der Waals surface area contributed by atoms with Crippen LogP contribution >= 0.6 is 11.3 Å². The van der Waals surface area contributed by atoms with E-state index in [1.807, 2.05) is 77.5 Å². The fraction of sp³-hybridized carbons (Fsp3) is 0.208. The number of imidazole rings is 1. The Hall–Kier alpha value is -3.45. The van der Waals surface area contributed by atoms with Crippen LogP contribution in [0.2, 0.25) is 0 Å². The fourth-order valence-corrected chi connectivity index (χ4v) is 4.25. The number of para-hydroxylation sites is 3. The molecule has 0 aliphatic rings. The van der Waals surface area contributed by atoms with Crippen molar-refractivity contribution in [3.8, 4) is 0 Å². The molecule has 31 heavy (non-hydrogen) atoms. The molecule has 0 aliphatic heterocycles. The van der Waals surface area contributed by atoms with Crippen LogP contribution in [0.1, 0.15) is 22.4 Å². The van der Waals surface area contributed by atoms with Crippen molar-refractivity contribution in [1.29, 1.82) is 0 Å². The standard InChI is InChI=1S/C24H24N4O2S/c1-2-27(18-9-4-3-5-10-18)23(29)17-28-20-12-7-6-11-19(20)26-22(28)14-15-25-24(30)21-13-8-16-31-21/h3-13,16H,2,14-15,17H2,1H3,(H,25,30). The largest absolute Gasteiger partial charge is 0.351 e. The third kappa shape index (κ3) is 4.67. The molecule has 4 rings (SSSR count). The number of rotatable bonds is 8. The molecule has 7 heteroatoms. The van der Waals surface area contributed by atoms with Crippen LogP contribution in [0.25, 0.3) is 11.0 Å². The molecule has 2 amide bonds. The zero-order valence-electron chi connectivity index (χ0n) is 17.3. The Morgan fingerprint density at radius 2 is 1.81 bits per heavy atom. The Kier molecular flexibility index (Phi) is 6.43. The molecule has 0 saturated carbocycles. The molecule has 0 atom stereocenters. The van der Waals surface area contributed by atoms with E-state index in [-0.39, 0.29) is 18.4 Å². The Morgan fingerprint density at radius 3 is 2.55 bits per heavy atom. The topological polar surface area (TPSA) is 67.2 Å². The van der Waals surface area contributed by atoms with E-state index < -0.39 is 0 Å². The van der Waals surface area contributed by atoms with Crippen LogP contribution in [0.4, 0.5) is 5.69 Å². The summed E-state index contributed by atoms with van der Waals surface area (Å²) in [4.78, 5) is 32.6. The normalized spacial score (nSPS) is 10.9. The number of nitrogens with zero attached hydrogens (tertiary/aromatic N) is 3. The van der Waals surface area contributed by atoms with E-state index in [1.165, 1.54) is 11.3 Å². The summed E-state index contributed by atoms with van der Waals surface area (Å²) in [6.07, 6.45) is 0.538. The molecule has 0 bridgehead atoms. The number of amides is 2. The van der Waals surface area contributed by atoms with Gasteiger partial charge in [0, 0.05) is 25.2 Å². The summed E-state index contributed by atoms with van der Waals surface area (Å²) < 4.78 is 1.96. The second-order valence-electron chi connectivity index (χ2n) is 7.06. The highest BCUT2D eigenvalue weighted by molar-refractivity contribution is 7.12. The van der Waals surface area contributed by atoms with Gasteiger partial charge in [0.15, 0.2) is 0 Å². The van der Waals surface area contributed by atoms with Crippen molar-refractivity contribution >= 4 is 39.9 Å². The highest BCUT2D eigenvalue weighted by Crippen LogP contribution is 2.19. The molecule has 2 aromatic heterocycles. The number of hydrogen-bond donors (Lipinski definition) is 1. The van der Waals surface area contributed by atoms with Gasteiger partial charge in [0.25, 0.3) is 5.91 Å². The molecule has 0 saturated heterocycles. The van der Waals surface area contributed by atoms with E-state index in [0.29, 0.717) is 24.4 Å². The molecule has 2 aromatic carbocycles. The molecule has 158 valence electrons. The van der Waals surface area contributed by atoms with E-state index in [0.717, 1.165) is 22.5 Å². The summed E-state index contributed by atoms with van der Waals surface area (Å²) in [7, 11) is 0. The van der Waals surface area contributed by atoms with Crippen LogP contribution in [0.15, 0.2) is 72.1 Å². The summed E-state index contributed by atoms with van der Waals surface area (Å²) in [6.45, 7) is 3.20. The number of benzene rings is 2. The zero-order valence-corrected chi connectivity index (χ0v) is 18.1. The Morgan fingerprint density at radius 1 is 1.03 bits per heavy atom. The lowest BCUT2D eigenvalue weighted by molar-refractivity contribution is -0.119. The maximum atomic E-state index is 13.2. The SMILES string of the molecule is CCN(C(=O)Cn1c(CCNC(=O)c2cccs2)nc2ccccc21)c1ccccc1. The predicted octanol–water partition coefficient (Wildman–Crippen LogP) is 4.12. The van der Waals surface area contributed by atoms with Crippen LogP contribution in [-0.2, 0) is 17.8 Å². The quantitative estimate of drug-likeness (QED) is 0.455. The van der Waals surface area contributed by atoms with Crippen molar-refractivity contribution in [2.45, 2.75) is 19.9 Å². The molecule has 0 radical (unpaired) electrons. The number of fused-ring (bicyclic) bond motifs is 1. The molecule has 0 spiro atoms. The monoisotopic (exact) mass is 432 g/mol. The first-order valence-corrected chi connectivity index (χ1v) is 11.2. The molecule has 4 aromatic rings. The van der Waals surface area contributed by atoms with E-state index in [1.54, 1.807) is 11.0 Å². The number of anilines is 1. The highest BCUT2D eigenvalue weighted by Gasteiger charge is 2.18. The molecule has 1 N–H and O–H groups in total. The third-order valence-electron chi connectivity index (χ3n) is 5.09. The van der Waals surface area contributed by atoms with Crippen LogP contribution in [-0.4, -0.2) is 34.5 Å². The van der Waals surface area contributed by atoms with E-state index in [2.05, 4.69) is 5.32 Å². The molecule has 0 fully saturated rings. The summed E-state index contributed by atoms with van der Waals surface area (Å²) in [5.74, 6) is 0.695. The lowest BCUT2D eigenvalue weighted by Crippen LogP contribution is -2.34. The molecular formula is C24H24N4O2S. The minimum absolute atomic E-state index is 0.000671. The Bertz CT molecular complexity index is 1170. The van der Waals surface area contributed by atoms with Crippen molar-refractivity contribution < 1.29 is 9.59 Å². The number of thiophene rings is 1. The van der Waals surface area contributed by atoms with Crippen LogP contribution in [0, 0.1) is 0 Å².